The van der Waals surface area contributed by atoms with Crippen molar-refractivity contribution in [2.24, 2.45) is 18.9 Å². The van der Waals surface area contributed by atoms with Gasteiger partial charge in [-0.15, -0.1) is 12.4 Å². The first kappa shape index (κ1) is 26.5. The second-order valence-corrected chi connectivity index (χ2v) is 9.32. The maximum absolute atomic E-state index is 13.1. The van der Waals surface area contributed by atoms with Gasteiger partial charge in [0.15, 0.2) is 0 Å². The summed E-state index contributed by atoms with van der Waals surface area (Å²) in [6.45, 7) is 4.43. The molecule has 2 aromatic rings. The van der Waals surface area contributed by atoms with Crippen molar-refractivity contribution < 1.29 is 19.1 Å². The van der Waals surface area contributed by atoms with Gasteiger partial charge in [-0.2, -0.15) is 0 Å². The molecule has 0 unspecified atom stereocenters. The predicted molar refractivity (Wildman–Crippen MR) is 137 cm³/mol. The molecular formula is C26H38ClN3O4. The van der Waals surface area contributed by atoms with E-state index in [1.807, 2.05) is 42.8 Å². The molecule has 7 nitrogen and oxygen atoms in total. The van der Waals surface area contributed by atoms with E-state index < -0.39 is 0 Å². The summed E-state index contributed by atoms with van der Waals surface area (Å²) in [4.78, 5) is 25.6. The smallest absolute Gasteiger partial charge is 0.354 e. The van der Waals surface area contributed by atoms with Crippen molar-refractivity contribution in [1.82, 2.24) is 9.88 Å². The molecule has 1 aliphatic heterocycles. The fraction of sp³-hybridized carbons (Fsp3) is 0.615. The second-order valence-electron chi connectivity index (χ2n) is 9.32. The summed E-state index contributed by atoms with van der Waals surface area (Å²) in [6, 6.07) is 7.49. The Morgan fingerprint density at radius 2 is 1.91 bits per heavy atom. The highest BCUT2D eigenvalue weighted by atomic mass is 35.5. The number of anilines is 1. The Balaban J connectivity index is 0.00000324. The number of rotatable bonds is 9. The van der Waals surface area contributed by atoms with Crippen LogP contribution in [0, 0.1) is 11.8 Å². The fourth-order valence-electron chi connectivity index (χ4n) is 5.47. The van der Waals surface area contributed by atoms with Gasteiger partial charge in [-0.05, 0) is 56.0 Å². The lowest BCUT2D eigenvalue weighted by Gasteiger charge is -2.30. The molecule has 1 aromatic heterocycles. The highest BCUT2D eigenvalue weighted by molar-refractivity contribution is 6.00. The van der Waals surface area contributed by atoms with Gasteiger partial charge in [-0.1, -0.05) is 32.1 Å². The molecule has 2 atom stereocenters. The molecule has 1 aliphatic carbocycles. The molecule has 4 rings (SSSR count). The van der Waals surface area contributed by atoms with Crippen LogP contribution in [0.1, 0.15) is 62.4 Å². The Bertz CT molecular complexity index is 970. The molecule has 34 heavy (non-hydrogen) atoms. The zero-order valence-corrected chi connectivity index (χ0v) is 21.1. The van der Waals surface area contributed by atoms with E-state index in [4.69, 9.17) is 9.47 Å². The van der Waals surface area contributed by atoms with Gasteiger partial charge in [0.2, 0.25) is 5.91 Å². The number of ether oxygens (including phenoxy) is 2. The number of carbonyl (C=O) groups is 2. The molecule has 0 radical (unpaired) electrons. The normalized spacial score (nSPS) is 20.8. The molecule has 1 amide bonds. The number of hydrogen-bond acceptors (Lipinski definition) is 5. The molecule has 2 N–H and O–H groups in total. The number of halogens is 1. The third-order valence-corrected chi connectivity index (χ3v) is 7.20. The van der Waals surface area contributed by atoms with E-state index in [1.54, 1.807) is 0 Å². The van der Waals surface area contributed by atoms with Crippen molar-refractivity contribution in [2.75, 3.05) is 31.7 Å². The van der Waals surface area contributed by atoms with Gasteiger partial charge in [0, 0.05) is 43.3 Å². The van der Waals surface area contributed by atoms with Crippen LogP contribution in [0.25, 0.3) is 10.9 Å². The molecule has 2 aliphatic rings. The van der Waals surface area contributed by atoms with Crippen LogP contribution in [-0.2, 0) is 21.3 Å². The molecule has 2 heterocycles. The Kier molecular flexibility index (Phi) is 9.80. The fourth-order valence-corrected chi connectivity index (χ4v) is 5.47. The minimum absolute atomic E-state index is 0. The average molecular weight is 492 g/mol. The quantitative estimate of drug-likeness (QED) is 0.393. The number of aromatic nitrogens is 1. The third kappa shape index (κ3) is 6.12. The zero-order valence-electron chi connectivity index (χ0n) is 20.3. The van der Waals surface area contributed by atoms with Crippen molar-refractivity contribution >= 4 is 40.9 Å². The van der Waals surface area contributed by atoms with Crippen LogP contribution >= 0.6 is 12.4 Å². The summed E-state index contributed by atoms with van der Waals surface area (Å²) in [5.41, 5.74) is 2.18. The van der Waals surface area contributed by atoms with E-state index in [2.05, 4.69) is 10.6 Å². The second kappa shape index (κ2) is 12.6. The SMILES string of the molecule is CCOCCCOC(=O)c1cc2cc(NC(=O)[C@@H]3NCC[C@H]3C3CCCCC3)ccc2n1C.Cl. The molecule has 1 aromatic carbocycles. The number of benzene rings is 1. The minimum Gasteiger partial charge on any atom is -0.461 e. The van der Waals surface area contributed by atoms with Crippen molar-refractivity contribution in [3.05, 3.63) is 30.0 Å². The van der Waals surface area contributed by atoms with E-state index in [0.29, 0.717) is 43.8 Å². The van der Waals surface area contributed by atoms with Crippen LogP contribution < -0.4 is 10.6 Å². The number of amides is 1. The Labute approximate surface area is 208 Å². The summed E-state index contributed by atoms with van der Waals surface area (Å²) >= 11 is 0. The van der Waals surface area contributed by atoms with Gasteiger partial charge in [0.05, 0.1) is 12.6 Å². The van der Waals surface area contributed by atoms with Crippen molar-refractivity contribution in [3.63, 3.8) is 0 Å². The number of nitrogens with one attached hydrogen (secondary N) is 2. The standard InChI is InChI=1S/C26H37N3O4.ClH/c1-3-32-14-7-15-33-26(31)23-17-19-16-20(10-11-22(19)29(23)2)28-25(30)24-21(12-13-27-24)18-8-5-4-6-9-18;/h10-11,16-18,21,24,27H,3-9,12-15H2,1-2H3,(H,28,30);1H/t21-,24+;/m0./s1. The lowest BCUT2D eigenvalue weighted by molar-refractivity contribution is -0.119. The number of aryl methyl sites for hydroxylation is 1. The van der Waals surface area contributed by atoms with Crippen LogP contribution in [-0.4, -0.2) is 48.9 Å². The predicted octanol–water partition coefficient (Wildman–Crippen LogP) is 4.68. The number of carbonyl (C=O) groups excluding carboxylic acids is 2. The Morgan fingerprint density at radius 1 is 1.12 bits per heavy atom. The van der Waals surface area contributed by atoms with Gasteiger partial charge in [0.1, 0.15) is 5.69 Å². The lowest BCUT2D eigenvalue weighted by Crippen LogP contribution is -2.42. The van der Waals surface area contributed by atoms with Crippen molar-refractivity contribution in [2.45, 2.75) is 57.9 Å². The van der Waals surface area contributed by atoms with Crippen LogP contribution in [0.4, 0.5) is 5.69 Å². The summed E-state index contributed by atoms with van der Waals surface area (Å²) in [5, 5.41) is 7.45. The van der Waals surface area contributed by atoms with Gasteiger partial charge in [-0.3, -0.25) is 4.79 Å². The molecule has 0 spiro atoms. The van der Waals surface area contributed by atoms with Gasteiger partial charge >= 0.3 is 5.97 Å². The summed E-state index contributed by atoms with van der Waals surface area (Å²) in [7, 11) is 1.86. The summed E-state index contributed by atoms with van der Waals surface area (Å²) in [6.07, 6.45) is 8.16. The van der Waals surface area contributed by atoms with E-state index in [-0.39, 0.29) is 30.3 Å². The first-order valence-electron chi connectivity index (χ1n) is 12.5. The molecule has 0 bridgehead atoms. The molecule has 8 heteroatoms. The molecular weight excluding hydrogens is 454 g/mol. The Hall–Kier alpha value is -2.09. The number of esters is 1. The number of fused-ring (bicyclic) bond motifs is 1. The first-order chi connectivity index (χ1) is 16.1. The van der Waals surface area contributed by atoms with E-state index >= 15 is 0 Å². The van der Waals surface area contributed by atoms with E-state index in [1.165, 1.54) is 32.1 Å². The largest absolute Gasteiger partial charge is 0.461 e. The summed E-state index contributed by atoms with van der Waals surface area (Å²) < 4.78 is 12.5. The number of nitrogens with zero attached hydrogens (tertiary/aromatic N) is 1. The maximum Gasteiger partial charge on any atom is 0.354 e. The van der Waals surface area contributed by atoms with Crippen LogP contribution in [0.5, 0.6) is 0 Å². The zero-order chi connectivity index (χ0) is 23.2. The van der Waals surface area contributed by atoms with Gasteiger partial charge in [-0.25, -0.2) is 4.79 Å². The highest BCUT2D eigenvalue weighted by Gasteiger charge is 2.38. The highest BCUT2D eigenvalue weighted by Crippen LogP contribution is 2.36. The molecule has 188 valence electrons. The minimum atomic E-state index is -0.346. The van der Waals surface area contributed by atoms with E-state index in [9.17, 15) is 9.59 Å². The Morgan fingerprint density at radius 3 is 2.68 bits per heavy atom. The van der Waals surface area contributed by atoms with Gasteiger partial charge in [0.25, 0.3) is 0 Å². The third-order valence-electron chi connectivity index (χ3n) is 7.20. The number of hydrogen-bond donors (Lipinski definition) is 2. The van der Waals surface area contributed by atoms with Crippen LogP contribution in [0.2, 0.25) is 0 Å². The molecule has 1 saturated heterocycles. The monoisotopic (exact) mass is 491 g/mol. The van der Waals surface area contributed by atoms with E-state index in [0.717, 1.165) is 29.6 Å². The molecule has 1 saturated carbocycles. The average Bonchev–Trinajstić information content (AvgIpc) is 3.44. The van der Waals surface area contributed by atoms with Crippen LogP contribution in [0.15, 0.2) is 24.3 Å². The van der Waals surface area contributed by atoms with Crippen molar-refractivity contribution in [3.8, 4) is 0 Å². The van der Waals surface area contributed by atoms with Gasteiger partial charge < -0.3 is 24.7 Å². The molecule has 2 fully saturated rings. The van der Waals surface area contributed by atoms with Crippen LogP contribution in [0.3, 0.4) is 0 Å². The topological polar surface area (TPSA) is 81.6 Å². The summed E-state index contributed by atoms with van der Waals surface area (Å²) in [5.74, 6) is 0.784. The maximum atomic E-state index is 13.1. The lowest BCUT2D eigenvalue weighted by atomic mass is 9.76. The first-order valence-corrected chi connectivity index (χ1v) is 12.5. The van der Waals surface area contributed by atoms with Crippen molar-refractivity contribution in [1.29, 1.82) is 0 Å².